The van der Waals surface area contributed by atoms with Crippen LogP contribution >= 0.6 is 0 Å². The summed E-state index contributed by atoms with van der Waals surface area (Å²) in [5.74, 6) is -2.33. The van der Waals surface area contributed by atoms with Crippen molar-refractivity contribution in [2.45, 2.75) is 12.8 Å². The maximum atomic E-state index is 13.9. The molecular formula is C20H13F2NO2. The van der Waals surface area contributed by atoms with Crippen molar-refractivity contribution < 1.29 is 18.7 Å². The molecule has 3 aromatic rings. The number of carboxylic acid groups (broad SMARTS) is 1. The van der Waals surface area contributed by atoms with Gasteiger partial charge in [-0.3, -0.25) is 0 Å². The first-order valence-corrected chi connectivity index (χ1v) is 7.86. The highest BCUT2D eigenvalue weighted by Gasteiger charge is 2.27. The second-order valence-electron chi connectivity index (χ2n) is 5.94. The maximum Gasteiger partial charge on any atom is 0.336 e. The standard InChI is InChI=1S/C20H13F2NO2/c21-15-5-3-6-16(22)14(15)10-11-8-9-13-18(20(24)25)12-4-1-2-7-17(12)23-19(11)13/h1-7,10H,8-9H2,(H,24,25). The number of benzene rings is 2. The zero-order valence-electron chi connectivity index (χ0n) is 13.1. The molecule has 1 aliphatic carbocycles. The van der Waals surface area contributed by atoms with Gasteiger partial charge in [-0.05, 0) is 48.3 Å². The number of allylic oxidation sites excluding steroid dienone is 1. The van der Waals surface area contributed by atoms with Crippen LogP contribution in [-0.2, 0) is 6.42 Å². The molecule has 1 N–H and O–H groups in total. The molecule has 0 unspecified atom stereocenters. The third-order valence-corrected chi connectivity index (χ3v) is 4.47. The molecule has 0 saturated carbocycles. The fourth-order valence-electron chi connectivity index (χ4n) is 3.35. The number of hydrogen-bond donors (Lipinski definition) is 1. The third-order valence-electron chi connectivity index (χ3n) is 4.47. The number of rotatable bonds is 2. The van der Waals surface area contributed by atoms with Crippen LogP contribution in [0.25, 0.3) is 22.6 Å². The van der Waals surface area contributed by atoms with Gasteiger partial charge in [0.05, 0.1) is 16.8 Å². The molecule has 124 valence electrons. The highest BCUT2D eigenvalue weighted by atomic mass is 19.1. The van der Waals surface area contributed by atoms with Crippen molar-refractivity contribution >= 4 is 28.5 Å². The molecule has 2 aromatic carbocycles. The average molecular weight is 337 g/mol. The number of carbonyl (C=O) groups is 1. The van der Waals surface area contributed by atoms with Gasteiger partial charge < -0.3 is 5.11 Å². The van der Waals surface area contributed by atoms with Gasteiger partial charge in [-0.1, -0.05) is 24.3 Å². The van der Waals surface area contributed by atoms with Crippen molar-refractivity contribution in [1.82, 2.24) is 4.98 Å². The molecule has 0 atom stereocenters. The highest BCUT2D eigenvalue weighted by Crippen LogP contribution is 2.37. The van der Waals surface area contributed by atoms with Crippen LogP contribution in [0.5, 0.6) is 0 Å². The van der Waals surface area contributed by atoms with E-state index in [9.17, 15) is 18.7 Å². The van der Waals surface area contributed by atoms with Crippen molar-refractivity contribution in [2.75, 3.05) is 0 Å². The number of para-hydroxylation sites is 1. The number of pyridine rings is 1. The van der Waals surface area contributed by atoms with Gasteiger partial charge in [0.15, 0.2) is 0 Å². The molecule has 1 aromatic heterocycles. The Morgan fingerprint density at radius 1 is 1.04 bits per heavy atom. The van der Waals surface area contributed by atoms with Gasteiger partial charge in [0.1, 0.15) is 11.6 Å². The van der Waals surface area contributed by atoms with E-state index in [0.29, 0.717) is 40.6 Å². The van der Waals surface area contributed by atoms with Crippen molar-refractivity contribution in [3.8, 4) is 0 Å². The van der Waals surface area contributed by atoms with E-state index in [2.05, 4.69) is 4.98 Å². The van der Waals surface area contributed by atoms with E-state index in [1.807, 2.05) is 0 Å². The van der Waals surface area contributed by atoms with Crippen molar-refractivity contribution in [2.24, 2.45) is 0 Å². The normalized spacial score (nSPS) is 14.9. The number of hydrogen-bond acceptors (Lipinski definition) is 2. The third kappa shape index (κ3) is 2.48. The molecule has 5 heteroatoms. The Bertz CT molecular complexity index is 1040. The zero-order valence-corrected chi connectivity index (χ0v) is 13.1. The van der Waals surface area contributed by atoms with Gasteiger partial charge in [-0.15, -0.1) is 0 Å². The molecular weight excluding hydrogens is 324 g/mol. The number of halogens is 2. The summed E-state index contributed by atoms with van der Waals surface area (Å²) in [7, 11) is 0. The summed E-state index contributed by atoms with van der Waals surface area (Å²) >= 11 is 0. The Kier molecular flexibility index (Phi) is 3.57. The van der Waals surface area contributed by atoms with Crippen LogP contribution in [0.3, 0.4) is 0 Å². The van der Waals surface area contributed by atoms with E-state index in [1.165, 1.54) is 24.3 Å². The largest absolute Gasteiger partial charge is 0.478 e. The average Bonchev–Trinajstić information content (AvgIpc) is 2.98. The number of carboxylic acids is 1. The lowest BCUT2D eigenvalue weighted by molar-refractivity contribution is 0.0698. The molecule has 0 spiro atoms. The first-order valence-electron chi connectivity index (χ1n) is 7.86. The molecule has 3 nitrogen and oxygen atoms in total. The summed E-state index contributed by atoms with van der Waals surface area (Å²) in [6, 6.07) is 10.7. The molecule has 4 rings (SSSR count). The maximum absolute atomic E-state index is 13.9. The molecule has 0 saturated heterocycles. The Labute approximate surface area is 142 Å². The fraction of sp³-hybridized carbons (Fsp3) is 0.100. The SMILES string of the molecule is O=C(O)c1c2c(nc3ccccc13)C(=Cc1c(F)cccc1F)CC2. The second kappa shape index (κ2) is 5.77. The molecule has 1 aliphatic rings. The van der Waals surface area contributed by atoms with Gasteiger partial charge >= 0.3 is 5.97 Å². The summed E-state index contributed by atoms with van der Waals surface area (Å²) in [5, 5.41) is 10.2. The molecule has 0 amide bonds. The molecule has 0 bridgehead atoms. The molecule has 1 heterocycles. The minimum atomic E-state index is -1.02. The summed E-state index contributed by atoms with van der Waals surface area (Å²) in [6.07, 6.45) is 2.41. The molecule has 0 radical (unpaired) electrons. The number of aromatic carboxylic acids is 1. The number of nitrogens with zero attached hydrogens (tertiary/aromatic N) is 1. The summed E-state index contributed by atoms with van der Waals surface area (Å²) in [5.41, 5.74) is 2.43. The predicted molar refractivity (Wildman–Crippen MR) is 91.3 cm³/mol. The van der Waals surface area contributed by atoms with Crippen LogP contribution in [0, 0.1) is 11.6 Å². The van der Waals surface area contributed by atoms with E-state index in [4.69, 9.17) is 0 Å². The number of aromatic nitrogens is 1. The van der Waals surface area contributed by atoms with Crippen LogP contribution in [0.1, 0.15) is 33.6 Å². The van der Waals surface area contributed by atoms with Gasteiger partial charge in [0, 0.05) is 10.9 Å². The number of fused-ring (bicyclic) bond motifs is 2. The Hall–Kier alpha value is -3.08. The van der Waals surface area contributed by atoms with Crippen molar-refractivity contribution in [3.05, 3.63) is 76.5 Å². The first kappa shape index (κ1) is 15.4. The molecule has 0 fully saturated rings. The minimum absolute atomic E-state index is 0.128. The molecule has 25 heavy (non-hydrogen) atoms. The molecule has 0 aliphatic heterocycles. The van der Waals surface area contributed by atoms with Crippen LogP contribution in [0.4, 0.5) is 8.78 Å². The second-order valence-corrected chi connectivity index (χ2v) is 5.94. The highest BCUT2D eigenvalue weighted by molar-refractivity contribution is 6.06. The quantitative estimate of drug-likeness (QED) is 0.737. The topological polar surface area (TPSA) is 50.2 Å². The van der Waals surface area contributed by atoms with Crippen LogP contribution in [0.2, 0.25) is 0 Å². The van der Waals surface area contributed by atoms with Crippen LogP contribution in [0.15, 0.2) is 42.5 Å². The van der Waals surface area contributed by atoms with Gasteiger partial charge in [0.25, 0.3) is 0 Å². The van der Waals surface area contributed by atoms with E-state index in [-0.39, 0.29) is 11.1 Å². The van der Waals surface area contributed by atoms with E-state index in [1.54, 1.807) is 24.3 Å². The van der Waals surface area contributed by atoms with E-state index in [0.717, 1.165) is 0 Å². The lowest BCUT2D eigenvalue weighted by Gasteiger charge is -2.09. The van der Waals surface area contributed by atoms with Crippen LogP contribution in [-0.4, -0.2) is 16.1 Å². The van der Waals surface area contributed by atoms with Gasteiger partial charge in [-0.25, -0.2) is 18.6 Å². The summed E-state index contributed by atoms with van der Waals surface area (Å²) < 4.78 is 27.9. The smallest absolute Gasteiger partial charge is 0.336 e. The summed E-state index contributed by atoms with van der Waals surface area (Å²) in [6.45, 7) is 0. The monoisotopic (exact) mass is 337 g/mol. The predicted octanol–water partition coefficient (Wildman–Crippen LogP) is 4.70. The first-order chi connectivity index (χ1) is 12.1. The Balaban J connectivity index is 1.97. The van der Waals surface area contributed by atoms with Crippen LogP contribution < -0.4 is 0 Å². The van der Waals surface area contributed by atoms with Gasteiger partial charge in [-0.2, -0.15) is 0 Å². The van der Waals surface area contributed by atoms with Crippen molar-refractivity contribution in [3.63, 3.8) is 0 Å². The van der Waals surface area contributed by atoms with Gasteiger partial charge in [0.2, 0.25) is 0 Å². The minimum Gasteiger partial charge on any atom is -0.478 e. The zero-order chi connectivity index (χ0) is 17.6. The lowest BCUT2D eigenvalue weighted by atomic mass is 10.0. The summed E-state index contributed by atoms with van der Waals surface area (Å²) in [4.78, 5) is 16.3. The Morgan fingerprint density at radius 2 is 1.76 bits per heavy atom. The van der Waals surface area contributed by atoms with E-state index < -0.39 is 17.6 Å². The lowest BCUT2D eigenvalue weighted by Crippen LogP contribution is -2.05. The van der Waals surface area contributed by atoms with Crippen molar-refractivity contribution in [1.29, 1.82) is 0 Å². The Morgan fingerprint density at radius 3 is 2.48 bits per heavy atom. The fourth-order valence-corrected chi connectivity index (χ4v) is 3.35. The van der Waals surface area contributed by atoms with E-state index >= 15 is 0 Å².